The third-order valence-electron chi connectivity index (χ3n) is 2.76. The second-order valence-corrected chi connectivity index (χ2v) is 5.90. The van der Waals surface area contributed by atoms with Gasteiger partial charge in [0.1, 0.15) is 11.7 Å². The van der Waals surface area contributed by atoms with Crippen LogP contribution in [0.4, 0.5) is 4.79 Å². The minimum absolute atomic E-state index is 0.166. The number of carbonyl (C=O) groups is 1. The fraction of sp³-hybridized carbons (Fsp3) is 0.500. The maximum atomic E-state index is 11.6. The molecule has 4 nitrogen and oxygen atoms in total. The van der Waals surface area contributed by atoms with Crippen molar-refractivity contribution >= 4 is 17.7 Å². The summed E-state index contributed by atoms with van der Waals surface area (Å²) in [6, 6.07) is 5.69. The van der Waals surface area contributed by atoms with Crippen LogP contribution in [0.5, 0.6) is 0 Å². The summed E-state index contributed by atoms with van der Waals surface area (Å²) < 4.78 is 10.8. The molecule has 0 saturated heterocycles. The lowest BCUT2D eigenvalue weighted by atomic mass is 10.1. The molecule has 1 atom stereocenters. The van der Waals surface area contributed by atoms with Crippen molar-refractivity contribution in [1.29, 1.82) is 0 Å². The Hall–Kier alpha value is -1.26. The molecule has 1 aliphatic rings. The monoisotopic (exact) mass is 283 g/mol. The topological polar surface area (TPSA) is 47.6 Å². The summed E-state index contributed by atoms with van der Waals surface area (Å²) in [5.41, 5.74) is 1.53. The summed E-state index contributed by atoms with van der Waals surface area (Å²) >= 11 is 6.09. The molecule has 19 heavy (non-hydrogen) atoms. The van der Waals surface area contributed by atoms with Crippen molar-refractivity contribution in [3.05, 3.63) is 34.3 Å². The Labute approximate surface area is 118 Å². The zero-order valence-corrected chi connectivity index (χ0v) is 12.1. The molecular weight excluding hydrogens is 266 g/mol. The first-order valence-electron chi connectivity index (χ1n) is 6.22. The number of benzene rings is 1. The number of ether oxygens (including phenoxy) is 2. The largest absolute Gasteiger partial charge is 0.444 e. The maximum absolute atomic E-state index is 11.6. The van der Waals surface area contributed by atoms with Crippen LogP contribution < -0.4 is 5.32 Å². The molecule has 0 fully saturated rings. The van der Waals surface area contributed by atoms with Gasteiger partial charge < -0.3 is 14.8 Å². The number of amides is 1. The summed E-state index contributed by atoms with van der Waals surface area (Å²) in [6.45, 7) is 6.34. The highest BCUT2D eigenvalue weighted by molar-refractivity contribution is 6.31. The Kier molecular flexibility index (Phi) is 4.02. The lowest BCUT2D eigenvalue weighted by Crippen LogP contribution is -2.34. The SMILES string of the molecule is CC(C)(C)OC(=O)NCC1OCc2c(Cl)cccc21. The van der Waals surface area contributed by atoms with E-state index in [0.29, 0.717) is 18.2 Å². The predicted octanol–water partition coefficient (Wildman–Crippen LogP) is 3.44. The van der Waals surface area contributed by atoms with E-state index < -0.39 is 11.7 Å². The van der Waals surface area contributed by atoms with Crippen LogP contribution in [0.3, 0.4) is 0 Å². The third-order valence-corrected chi connectivity index (χ3v) is 3.12. The lowest BCUT2D eigenvalue weighted by molar-refractivity contribution is 0.0395. The first-order valence-corrected chi connectivity index (χ1v) is 6.60. The quantitative estimate of drug-likeness (QED) is 0.904. The number of carbonyl (C=O) groups excluding carboxylic acids is 1. The number of rotatable bonds is 2. The maximum Gasteiger partial charge on any atom is 0.407 e. The minimum atomic E-state index is -0.498. The average Bonchev–Trinajstić information content (AvgIpc) is 2.69. The van der Waals surface area contributed by atoms with Crippen molar-refractivity contribution in [2.45, 2.75) is 39.1 Å². The van der Waals surface area contributed by atoms with Gasteiger partial charge in [-0.3, -0.25) is 0 Å². The van der Waals surface area contributed by atoms with E-state index in [1.54, 1.807) is 0 Å². The second-order valence-electron chi connectivity index (χ2n) is 5.49. The molecule has 1 heterocycles. The summed E-state index contributed by atoms with van der Waals surface area (Å²) in [7, 11) is 0. The van der Waals surface area contributed by atoms with E-state index in [4.69, 9.17) is 21.1 Å². The molecule has 0 aromatic heterocycles. The highest BCUT2D eigenvalue weighted by Gasteiger charge is 2.26. The summed E-state index contributed by atoms with van der Waals surface area (Å²) in [5.74, 6) is 0. The fourth-order valence-electron chi connectivity index (χ4n) is 1.96. The third kappa shape index (κ3) is 3.61. The van der Waals surface area contributed by atoms with Crippen LogP contribution in [0.15, 0.2) is 18.2 Å². The second kappa shape index (κ2) is 5.39. The molecule has 1 N–H and O–H groups in total. The molecule has 0 bridgehead atoms. The van der Waals surface area contributed by atoms with Crippen LogP contribution in [-0.2, 0) is 16.1 Å². The van der Waals surface area contributed by atoms with Crippen LogP contribution in [0.2, 0.25) is 5.02 Å². The van der Waals surface area contributed by atoms with E-state index >= 15 is 0 Å². The van der Waals surface area contributed by atoms with E-state index in [2.05, 4.69) is 5.32 Å². The zero-order chi connectivity index (χ0) is 14.0. The number of hydrogen-bond acceptors (Lipinski definition) is 3. The smallest absolute Gasteiger partial charge is 0.407 e. The van der Waals surface area contributed by atoms with E-state index in [9.17, 15) is 4.79 Å². The minimum Gasteiger partial charge on any atom is -0.444 e. The van der Waals surface area contributed by atoms with Gasteiger partial charge in [-0.1, -0.05) is 23.7 Å². The van der Waals surface area contributed by atoms with Crippen molar-refractivity contribution in [2.24, 2.45) is 0 Å². The molecule has 0 saturated carbocycles. The zero-order valence-electron chi connectivity index (χ0n) is 11.3. The van der Waals surface area contributed by atoms with Gasteiger partial charge in [0.15, 0.2) is 0 Å². The van der Waals surface area contributed by atoms with Crippen molar-refractivity contribution < 1.29 is 14.3 Å². The fourth-order valence-corrected chi connectivity index (χ4v) is 2.20. The molecule has 1 unspecified atom stereocenters. The molecule has 1 amide bonds. The summed E-state index contributed by atoms with van der Waals surface area (Å²) in [6.07, 6.45) is -0.604. The molecular formula is C14H18ClNO3. The Morgan fingerprint density at radius 2 is 2.26 bits per heavy atom. The first kappa shape index (κ1) is 14.2. The molecule has 1 aromatic carbocycles. The molecule has 1 aromatic rings. The molecule has 0 aliphatic carbocycles. The Balaban J connectivity index is 1.93. The molecule has 0 spiro atoms. The molecule has 5 heteroatoms. The average molecular weight is 284 g/mol. The number of nitrogens with one attached hydrogen (secondary N) is 1. The van der Waals surface area contributed by atoms with Gasteiger partial charge in [-0.2, -0.15) is 0 Å². The molecule has 2 rings (SSSR count). The Morgan fingerprint density at radius 3 is 2.95 bits per heavy atom. The van der Waals surface area contributed by atoms with Gasteiger partial charge in [0.05, 0.1) is 13.2 Å². The highest BCUT2D eigenvalue weighted by Crippen LogP contribution is 2.34. The van der Waals surface area contributed by atoms with Crippen LogP contribution in [-0.4, -0.2) is 18.2 Å². The van der Waals surface area contributed by atoms with E-state index in [0.717, 1.165) is 11.1 Å². The molecule has 1 aliphatic heterocycles. The summed E-state index contributed by atoms with van der Waals surface area (Å²) in [4.78, 5) is 11.6. The van der Waals surface area contributed by atoms with Gasteiger partial charge >= 0.3 is 6.09 Å². The first-order chi connectivity index (χ1) is 8.87. The van der Waals surface area contributed by atoms with Gasteiger partial charge in [0.2, 0.25) is 0 Å². The van der Waals surface area contributed by atoms with Crippen LogP contribution in [0.1, 0.15) is 38.0 Å². The predicted molar refractivity (Wildman–Crippen MR) is 73.2 cm³/mol. The normalized spacial score (nSPS) is 18.0. The number of halogens is 1. The van der Waals surface area contributed by atoms with Gasteiger partial charge in [0, 0.05) is 10.6 Å². The van der Waals surface area contributed by atoms with Crippen LogP contribution >= 0.6 is 11.6 Å². The van der Waals surface area contributed by atoms with E-state index in [1.165, 1.54) is 0 Å². The van der Waals surface area contributed by atoms with Gasteiger partial charge in [-0.15, -0.1) is 0 Å². The van der Waals surface area contributed by atoms with Gasteiger partial charge in [-0.25, -0.2) is 4.79 Å². The highest BCUT2D eigenvalue weighted by atomic mass is 35.5. The van der Waals surface area contributed by atoms with E-state index in [-0.39, 0.29) is 6.10 Å². The molecule has 104 valence electrons. The Bertz CT molecular complexity index is 482. The van der Waals surface area contributed by atoms with E-state index in [1.807, 2.05) is 39.0 Å². The number of fused-ring (bicyclic) bond motifs is 1. The number of hydrogen-bond donors (Lipinski definition) is 1. The van der Waals surface area contributed by atoms with Crippen molar-refractivity contribution in [3.8, 4) is 0 Å². The van der Waals surface area contributed by atoms with Gasteiger partial charge in [0.25, 0.3) is 0 Å². The Morgan fingerprint density at radius 1 is 1.53 bits per heavy atom. The summed E-state index contributed by atoms with van der Waals surface area (Å²) in [5, 5.41) is 3.42. The van der Waals surface area contributed by atoms with Crippen molar-refractivity contribution in [3.63, 3.8) is 0 Å². The van der Waals surface area contributed by atoms with Crippen molar-refractivity contribution in [2.75, 3.05) is 6.54 Å². The van der Waals surface area contributed by atoms with Crippen LogP contribution in [0, 0.1) is 0 Å². The lowest BCUT2D eigenvalue weighted by Gasteiger charge is -2.20. The van der Waals surface area contributed by atoms with Crippen molar-refractivity contribution in [1.82, 2.24) is 5.32 Å². The van der Waals surface area contributed by atoms with Crippen LogP contribution in [0.25, 0.3) is 0 Å². The number of alkyl carbamates (subject to hydrolysis) is 1. The standard InChI is InChI=1S/C14H18ClNO3/c1-14(2,3)19-13(17)16-7-12-9-5-4-6-11(15)10(9)8-18-12/h4-6,12H,7-8H2,1-3H3,(H,16,17). The van der Waals surface area contributed by atoms with Gasteiger partial charge in [-0.05, 0) is 32.4 Å². The molecule has 0 radical (unpaired) electrons.